The van der Waals surface area contributed by atoms with Crippen molar-refractivity contribution in [1.82, 2.24) is 19.9 Å². The number of rotatable bonds is 4. The predicted molar refractivity (Wildman–Crippen MR) is 102 cm³/mol. The van der Waals surface area contributed by atoms with Gasteiger partial charge in [0.25, 0.3) is 0 Å². The average Bonchev–Trinajstić information content (AvgIpc) is 3.19. The van der Waals surface area contributed by atoms with Crippen molar-refractivity contribution in [2.75, 3.05) is 11.9 Å². The standard InChI is InChI=1S/C19H19N5OS/c1-13(25)24-8-5-15-17(11-24)22-19(16-4-2-3-7-20-16)23-18(15)21-10-14-6-9-26-12-14/h2-4,6-7,9,12H,5,8,10-11H2,1H3,(H,21,22,23). The number of carbonyl (C=O) groups is 1. The second kappa shape index (κ2) is 7.21. The van der Waals surface area contributed by atoms with E-state index >= 15 is 0 Å². The van der Waals surface area contributed by atoms with Crippen LogP contribution in [0.4, 0.5) is 5.82 Å². The molecule has 0 spiro atoms. The number of anilines is 1. The Morgan fingerprint density at radius 2 is 2.23 bits per heavy atom. The number of nitrogens with one attached hydrogen (secondary N) is 1. The van der Waals surface area contributed by atoms with Crippen LogP contribution in [0.25, 0.3) is 11.5 Å². The van der Waals surface area contributed by atoms with Crippen molar-refractivity contribution in [1.29, 1.82) is 0 Å². The van der Waals surface area contributed by atoms with Crippen LogP contribution in [0.5, 0.6) is 0 Å². The molecule has 1 N–H and O–H groups in total. The molecule has 0 aromatic carbocycles. The molecular formula is C19H19N5OS. The minimum Gasteiger partial charge on any atom is -0.366 e. The van der Waals surface area contributed by atoms with Gasteiger partial charge < -0.3 is 10.2 Å². The van der Waals surface area contributed by atoms with E-state index in [1.54, 1.807) is 24.5 Å². The normalized spacial score (nSPS) is 13.3. The predicted octanol–water partition coefficient (Wildman–Crippen LogP) is 3.12. The third kappa shape index (κ3) is 3.43. The molecule has 0 saturated carbocycles. The highest BCUT2D eigenvalue weighted by Crippen LogP contribution is 2.27. The van der Waals surface area contributed by atoms with Gasteiger partial charge >= 0.3 is 0 Å². The molecule has 0 aliphatic carbocycles. The fourth-order valence-electron chi connectivity index (χ4n) is 3.03. The number of fused-ring (bicyclic) bond motifs is 1. The number of nitrogens with zero attached hydrogens (tertiary/aromatic N) is 4. The van der Waals surface area contributed by atoms with E-state index in [1.807, 2.05) is 23.1 Å². The molecule has 0 atom stereocenters. The first-order chi connectivity index (χ1) is 12.7. The van der Waals surface area contributed by atoms with E-state index in [4.69, 9.17) is 9.97 Å². The van der Waals surface area contributed by atoms with E-state index in [2.05, 4.69) is 27.1 Å². The number of aromatic nitrogens is 3. The summed E-state index contributed by atoms with van der Waals surface area (Å²) < 4.78 is 0. The van der Waals surface area contributed by atoms with Crippen molar-refractivity contribution in [3.05, 3.63) is 58.0 Å². The third-order valence-corrected chi connectivity index (χ3v) is 5.18. The molecule has 6 nitrogen and oxygen atoms in total. The van der Waals surface area contributed by atoms with Crippen molar-refractivity contribution in [2.24, 2.45) is 0 Å². The van der Waals surface area contributed by atoms with Gasteiger partial charge in [-0.3, -0.25) is 9.78 Å². The highest BCUT2D eigenvalue weighted by atomic mass is 32.1. The molecule has 26 heavy (non-hydrogen) atoms. The summed E-state index contributed by atoms with van der Waals surface area (Å²) in [7, 11) is 0. The topological polar surface area (TPSA) is 71.0 Å². The molecule has 0 bridgehead atoms. The Morgan fingerprint density at radius 1 is 1.31 bits per heavy atom. The zero-order valence-corrected chi connectivity index (χ0v) is 15.3. The molecule has 1 aliphatic rings. The summed E-state index contributed by atoms with van der Waals surface area (Å²) in [5, 5.41) is 7.64. The largest absolute Gasteiger partial charge is 0.366 e. The monoisotopic (exact) mass is 365 g/mol. The van der Waals surface area contributed by atoms with Crippen molar-refractivity contribution >= 4 is 23.1 Å². The van der Waals surface area contributed by atoms with E-state index < -0.39 is 0 Å². The second-order valence-electron chi connectivity index (χ2n) is 6.21. The van der Waals surface area contributed by atoms with E-state index in [1.165, 1.54) is 5.56 Å². The Morgan fingerprint density at radius 3 is 2.96 bits per heavy atom. The van der Waals surface area contributed by atoms with Gasteiger partial charge in [-0.05, 0) is 40.9 Å². The molecule has 3 aromatic rings. The second-order valence-corrected chi connectivity index (χ2v) is 6.99. The summed E-state index contributed by atoms with van der Waals surface area (Å²) in [5.74, 6) is 1.49. The summed E-state index contributed by atoms with van der Waals surface area (Å²) in [6.45, 7) is 3.52. The van der Waals surface area contributed by atoms with E-state index in [-0.39, 0.29) is 5.91 Å². The van der Waals surface area contributed by atoms with Crippen LogP contribution in [0.3, 0.4) is 0 Å². The lowest BCUT2D eigenvalue weighted by Crippen LogP contribution is -2.35. The van der Waals surface area contributed by atoms with Gasteiger partial charge in [-0.1, -0.05) is 6.07 Å². The molecule has 4 heterocycles. The molecule has 3 aromatic heterocycles. The van der Waals surface area contributed by atoms with Gasteiger partial charge in [0.05, 0.1) is 12.2 Å². The van der Waals surface area contributed by atoms with Gasteiger partial charge in [-0.2, -0.15) is 11.3 Å². The maximum absolute atomic E-state index is 11.8. The first kappa shape index (κ1) is 16.7. The lowest BCUT2D eigenvalue weighted by Gasteiger charge is -2.28. The lowest BCUT2D eigenvalue weighted by molar-refractivity contribution is -0.129. The van der Waals surface area contributed by atoms with Crippen LogP contribution in [-0.2, 0) is 24.3 Å². The minimum atomic E-state index is 0.0708. The van der Waals surface area contributed by atoms with Crippen LogP contribution in [-0.4, -0.2) is 32.3 Å². The zero-order chi connectivity index (χ0) is 17.9. The van der Waals surface area contributed by atoms with Crippen LogP contribution in [0.1, 0.15) is 23.7 Å². The van der Waals surface area contributed by atoms with Crippen molar-refractivity contribution in [3.8, 4) is 11.5 Å². The number of pyridine rings is 1. The smallest absolute Gasteiger partial charge is 0.219 e. The SMILES string of the molecule is CC(=O)N1CCc2c(nc(-c3ccccn3)nc2NCc2ccsc2)C1. The number of hydrogen-bond acceptors (Lipinski definition) is 6. The van der Waals surface area contributed by atoms with Crippen molar-refractivity contribution in [3.63, 3.8) is 0 Å². The maximum Gasteiger partial charge on any atom is 0.219 e. The van der Waals surface area contributed by atoms with E-state index in [0.717, 1.165) is 29.2 Å². The fourth-order valence-corrected chi connectivity index (χ4v) is 3.70. The number of carbonyl (C=O) groups excluding carboxylic acids is 1. The summed E-state index contributed by atoms with van der Waals surface area (Å²) in [6.07, 6.45) is 2.49. The van der Waals surface area contributed by atoms with E-state index in [9.17, 15) is 4.79 Å². The van der Waals surface area contributed by atoms with Crippen LogP contribution in [0.2, 0.25) is 0 Å². The molecule has 0 saturated heterocycles. The highest BCUT2D eigenvalue weighted by molar-refractivity contribution is 7.07. The first-order valence-corrected chi connectivity index (χ1v) is 9.46. The van der Waals surface area contributed by atoms with Gasteiger partial charge in [0.1, 0.15) is 11.5 Å². The lowest BCUT2D eigenvalue weighted by atomic mass is 10.0. The Hall–Kier alpha value is -2.80. The fraction of sp³-hybridized carbons (Fsp3) is 0.263. The number of hydrogen-bond donors (Lipinski definition) is 1. The molecule has 0 unspecified atom stereocenters. The summed E-state index contributed by atoms with van der Waals surface area (Å²) >= 11 is 1.68. The van der Waals surface area contributed by atoms with Crippen LogP contribution in [0, 0.1) is 0 Å². The van der Waals surface area contributed by atoms with Crippen LogP contribution in [0.15, 0.2) is 41.2 Å². The summed E-state index contributed by atoms with van der Waals surface area (Å²) in [5.41, 5.74) is 3.95. The van der Waals surface area contributed by atoms with Crippen molar-refractivity contribution in [2.45, 2.75) is 26.4 Å². The molecule has 1 amide bonds. The van der Waals surface area contributed by atoms with Crippen molar-refractivity contribution < 1.29 is 4.79 Å². The molecule has 7 heteroatoms. The molecule has 0 radical (unpaired) electrons. The summed E-state index contributed by atoms with van der Waals surface area (Å²) in [6, 6.07) is 7.79. The number of amides is 1. The Kier molecular flexibility index (Phi) is 4.62. The molecular weight excluding hydrogens is 346 g/mol. The average molecular weight is 365 g/mol. The van der Waals surface area contributed by atoms with Gasteiger partial charge in [-0.15, -0.1) is 0 Å². The van der Waals surface area contributed by atoms with E-state index in [0.29, 0.717) is 25.5 Å². The van der Waals surface area contributed by atoms with Crippen LogP contribution < -0.4 is 5.32 Å². The van der Waals surface area contributed by atoms with Gasteiger partial charge in [0, 0.05) is 31.8 Å². The third-order valence-electron chi connectivity index (χ3n) is 4.44. The van der Waals surface area contributed by atoms with Gasteiger partial charge in [0.2, 0.25) is 5.91 Å². The quantitative estimate of drug-likeness (QED) is 0.769. The maximum atomic E-state index is 11.8. The Bertz CT molecular complexity index is 911. The van der Waals surface area contributed by atoms with Crippen LogP contribution >= 0.6 is 11.3 Å². The zero-order valence-electron chi connectivity index (χ0n) is 14.5. The first-order valence-electron chi connectivity index (χ1n) is 8.52. The van der Waals surface area contributed by atoms with Gasteiger partial charge in [0.15, 0.2) is 5.82 Å². The Balaban J connectivity index is 1.71. The molecule has 0 fully saturated rings. The minimum absolute atomic E-state index is 0.0708. The number of thiophene rings is 1. The highest BCUT2D eigenvalue weighted by Gasteiger charge is 2.24. The summed E-state index contributed by atoms with van der Waals surface area (Å²) in [4.78, 5) is 27.4. The molecule has 1 aliphatic heterocycles. The molecule has 4 rings (SSSR count). The molecule has 132 valence electrons. The Labute approximate surface area is 155 Å². The van der Waals surface area contributed by atoms with Gasteiger partial charge in [-0.25, -0.2) is 9.97 Å².